The van der Waals surface area contributed by atoms with Gasteiger partial charge in [-0.05, 0) is 62.1 Å². The zero-order chi connectivity index (χ0) is 23.5. The van der Waals surface area contributed by atoms with Gasteiger partial charge in [0.1, 0.15) is 0 Å². The van der Waals surface area contributed by atoms with Gasteiger partial charge in [-0.15, -0.1) is 0 Å². The minimum atomic E-state index is -3.74. The van der Waals surface area contributed by atoms with Crippen LogP contribution in [0.5, 0.6) is 0 Å². The lowest BCUT2D eigenvalue weighted by Crippen LogP contribution is -2.37. The minimum absolute atomic E-state index is 0.00456. The van der Waals surface area contributed by atoms with E-state index in [4.69, 9.17) is 27.9 Å². The molecule has 0 spiro atoms. The molecule has 1 N–H and O–H groups in total. The third-order valence-corrected chi connectivity index (χ3v) is 7.84. The molecule has 1 heterocycles. The number of nitrogens with zero attached hydrogens (tertiary/aromatic N) is 1. The molecule has 0 atom stereocenters. The van der Waals surface area contributed by atoms with Crippen molar-refractivity contribution in [1.82, 2.24) is 4.31 Å². The summed E-state index contributed by atoms with van der Waals surface area (Å²) in [6, 6.07) is 8.43. The van der Waals surface area contributed by atoms with Crippen LogP contribution in [0.15, 0.2) is 41.3 Å². The van der Waals surface area contributed by atoms with Crippen molar-refractivity contribution in [2.24, 2.45) is 5.92 Å². The molecule has 3 rings (SSSR count). The largest absolute Gasteiger partial charge is 0.462 e. The first-order valence-corrected chi connectivity index (χ1v) is 12.4. The zero-order valence-electron chi connectivity index (χ0n) is 17.7. The van der Waals surface area contributed by atoms with Gasteiger partial charge in [-0.25, -0.2) is 13.2 Å². The Morgan fingerprint density at radius 1 is 1.06 bits per heavy atom. The predicted octanol–water partition coefficient (Wildman–Crippen LogP) is 4.84. The van der Waals surface area contributed by atoms with E-state index in [2.05, 4.69) is 12.2 Å². The number of halogens is 2. The first kappa shape index (κ1) is 24.5. The Kier molecular flexibility index (Phi) is 7.82. The summed E-state index contributed by atoms with van der Waals surface area (Å²) in [7, 11) is -3.74. The lowest BCUT2D eigenvalue weighted by molar-refractivity contribution is 0.0526. The van der Waals surface area contributed by atoms with Gasteiger partial charge in [-0.1, -0.05) is 30.1 Å². The number of rotatable bonds is 6. The first-order valence-electron chi connectivity index (χ1n) is 10.2. The van der Waals surface area contributed by atoms with Crippen LogP contribution < -0.4 is 5.32 Å². The molecule has 2 aromatic rings. The van der Waals surface area contributed by atoms with Crippen LogP contribution in [0.25, 0.3) is 0 Å². The number of anilines is 1. The second kappa shape index (κ2) is 10.2. The molecule has 7 nitrogen and oxygen atoms in total. The van der Waals surface area contributed by atoms with Gasteiger partial charge in [0, 0.05) is 18.8 Å². The SMILES string of the molecule is CCOC(=O)c1cc(NC(=O)c2cc(S(=O)(=O)N3CCC(C)CC3)ccc2Cl)ccc1Cl. The number of hydrogen-bond acceptors (Lipinski definition) is 5. The van der Waals surface area contributed by atoms with Crippen LogP contribution >= 0.6 is 23.2 Å². The molecule has 0 bridgehead atoms. The molecule has 1 fully saturated rings. The van der Waals surface area contributed by atoms with E-state index in [-0.39, 0.29) is 38.4 Å². The van der Waals surface area contributed by atoms with Gasteiger partial charge in [-0.2, -0.15) is 4.31 Å². The Hall–Kier alpha value is -2.13. The zero-order valence-corrected chi connectivity index (χ0v) is 20.1. The van der Waals surface area contributed by atoms with Gasteiger partial charge in [0.05, 0.1) is 32.7 Å². The fraction of sp³-hybridized carbons (Fsp3) is 0.364. The monoisotopic (exact) mass is 498 g/mol. The van der Waals surface area contributed by atoms with Gasteiger partial charge < -0.3 is 10.1 Å². The molecule has 0 aromatic heterocycles. The number of ether oxygens (including phenoxy) is 1. The first-order chi connectivity index (χ1) is 15.1. The molecule has 0 radical (unpaired) electrons. The number of sulfonamides is 1. The van der Waals surface area contributed by atoms with Crippen LogP contribution in [0.3, 0.4) is 0 Å². The van der Waals surface area contributed by atoms with E-state index in [9.17, 15) is 18.0 Å². The summed E-state index contributed by atoms with van der Waals surface area (Å²) in [6.07, 6.45) is 1.58. The topological polar surface area (TPSA) is 92.8 Å². The molecule has 1 saturated heterocycles. The van der Waals surface area contributed by atoms with Crippen LogP contribution in [0.1, 0.15) is 47.4 Å². The molecule has 1 aliphatic rings. The van der Waals surface area contributed by atoms with E-state index in [1.807, 2.05) is 0 Å². The van der Waals surface area contributed by atoms with Gasteiger partial charge in [0.15, 0.2) is 0 Å². The van der Waals surface area contributed by atoms with Crippen LogP contribution in [-0.2, 0) is 14.8 Å². The van der Waals surface area contributed by atoms with Gasteiger partial charge in [0.25, 0.3) is 5.91 Å². The Morgan fingerprint density at radius 3 is 2.34 bits per heavy atom. The summed E-state index contributed by atoms with van der Waals surface area (Å²) in [5.41, 5.74) is 0.399. The van der Waals surface area contributed by atoms with Crippen molar-refractivity contribution in [2.75, 3.05) is 25.0 Å². The third-order valence-electron chi connectivity index (χ3n) is 5.28. The summed E-state index contributed by atoms with van der Waals surface area (Å²) < 4.78 is 32.5. The number of piperidine rings is 1. The highest BCUT2D eigenvalue weighted by atomic mass is 35.5. The van der Waals surface area contributed by atoms with Crippen LogP contribution in [0.2, 0.25) is 10.0 Å². The highest BCUT2D eigenvalue weighted by molar-refractivity contribution is 7.89. The maximum absolute atomic E-state index is 13.0. The Morgan fingerprint density at radius 2 is 1.69 bits per heavy atom. The summed E-state index contributed by atoms with van der Waals surface area (Å²) in [6.45, 7) is 4.83. The number of amides is 1. The lowest BCUT2D eigenvalue weighted by Gasteiger charge is -2.29. The third kappa shape index (κ3) is 5.43. The average molecular weight is 499 g/mol. The molecule has 1 aliphatic heterocycles. The minimum Gasteiger partial charge on any atom is -0.462 e. The van der Waals surface area contributed by atoms with Crippen LogP contribution in [-0.4, -0.2) is 44.3 Å². The Bertz CT molecular complexity index is 1130. The Labute approximate surface area is 197 Å². The maximum Gasteiger partial charge on any atom is 0.339 e. The number of esters is 1. The van der Waals surface area contributed by atoms with Crippen molar-refractivity contribution in [3.05, 3.63) is 57.6 Å². The van der Waals surface area contributed by atoms with Crippen molar-refractivity contribution in [3.63, 3.8) is 0 Å². The molecule has 0 saturated carbocycles. The molecule has 1 amide bonds. The number of hydrogen-bond donors (Lipinski definition) is 1. The standard InChI is InChI=1S/C22H24Cl2N2O5S/c1-3-31-22(28)18-12-15(4-6-20(18)24)25-21(27)17-13-16(5-7-19(17)23)32(29,30)26-10-8-14(2)9-11-26/h4-7,12-14H,3,8-11H2,1-2H3,(H,25,27). The number of carbonyl (C=O) groups excluding carboxylic acids is 2. The van der Waals surface area contributed by atoms with E-state index < -0.39 is 21.9 Å². The van der Waals surface area contributed by atoms with E-state index in [1.165, 1.54) is 40.7 Å². The second-order valence-electron chi connectivity index (χ2n) is 7.60. The Balaban J connectivity index is 1.85. The molecule has 0 unspecified atom stereocenters. The fourth-order valence-corrected chi connectivity index (χ4v) is 5.27. The van der Waals surface area contributed by atoms with Crippen molar-refractivity contribution in [3.8, 4) is 0 Å². The predicted molar refractivity (Wildman–Crippen MR) is 124 cm³/mol. The fourth-order valence-electron chi connectivity index (χ4n) is 3.38. The average Bonchev–Trinajstić information content (AvgIpc) is 2.75. The highest BCUT2D eigenvalue weighted by Gasteiger charge is 2.29. The van der Waals surface area contributed by atoms with Gasteiger partial charge in [-0.3, -0.25) is 4.79 Å². The summed E-state index contributed by atoms with van der Waals surface area (Å²) in [5, 5.41) is 2.92. The van der Waals surface area contributed by atoms with Crippen molar-refractivity contribution in [2.45, 2.75) is 31.6 Å². The molecule has 2 aromatic carbocycles. The molecule has 0 aliphatic carbocycles. The molecule has 32 heavy (non-hydrogen) atoms. The molecular formula is C22H24Cl2N2O5S. The summed E-state index contributed by atoms with van der Waals surface area (Å²) >= 11 is 12.2. The lowest BCUT2D eigenvalue weighted by atomic mass is 10.0. The van der Waals surface area contributed by atoms with E-state index in [0.29, 0.717) is 19.0 Å². The highest BCUT2D eigenvalue weighted by Crippen LogP contribution is 2.28. The van der Waals surface area contributed by atoms with Crippen molar-refractivity contribution in [1.29, 1.82) is 0 Å². The summed E-state index contributed by atoms with van der Waals surface area (Å²) in [4.78, 5) is 24.9. The molecule has 10 heteroatoms. The second-order valence-corrected chi connectivity index (χ2v) is 10.3. The number of nitrogens with one attached hydrogen (secondary N) is 1. The van der Waals surface area contributed by atoms with E-state index in [0.717, 1.165) is 12.8 Å². The molecular weight excluding hydrogens is 475 g/mol. The maximum atomic E-state index is 13.0. The summed E-state index contributed by atoms with van der Waals surface area (Å²) in [5.74, 6) is -0.751. The van der Waals surface area contributed by atoms with Crippen molar-refractivity contribution >= 4 is 50.8 Å². The van der Waals surface area contributed by atoms with Crippen LogP contribution in [0, 0.1) is 5.92 Å². The van der Waals surface area contributed by atoms with Crippen LogP contribution in [0.4, 0.5) is 5.69 Å². The smallest absolute Gasteiger partial charge is 0.339 e. The normalized spacial score (nSPS) is 15.4. The van der Waals surface area contributed by atoms with Gasteiger partial charge >= 0.3 is 5.97 Å². The van der Waals surface area contributed by atoms with E-state index in [1.54, 1.807) is 6.92 Å². The van der Waals surface area contributed by atoms with Crippen molar-refractivity contribution < 1.29 is 22.7 Å². The number of carbonyl (C=O) groups is 2. The van der Waals surface area contributed by atoms with Gasteiger partial charge in [0.2, 0.25) is 10.0 Å². The number of benzene rings is 2. The quantitative estimate of drug-likeness (QED) is 0.574. The van der Waals surface area contributed by atoms with E-state index >= 15 is 0 Å². The molecule has 172 valence electrons.